The third-order valence-corrected chi connectivity index (χ3v) is 10.1. The van der Waals surface area contributed by atoms with Crippen molar-refractivity contribution < 1.29 is 18.3 Å². The van der Waals surface area contributed by atoms with E-state index in [9.17, 15) is 13.6 Å². The van der Waals surface area contributed by atoms with E-state index in [2.05, 4.69) is 22.0 Å². The molecular formula is C29H41F2N3O2. The summed E-state index contributed by atoms with van der Waals surface area (Å²) in [5, 5.41) is 0. The fourth-order valence-electron chi connectivity index (χ4n) is 8.33. The van der Waals surface area contributed by atoms with Gasteiger partial charge in [-0.3, -0.25) is 4.90 Å². The Morgan fingerprint density at radius 2 is 1.83 bits per heavy atom. The molecule has 6 aliphatic rings. The highest BCUT2D eigenvalue weighted by molar-refractivity contribution is 5.69. The molecule has 0 N–H and O–H groups in total. The van der Waals surface area contributed by atoms with Crippen molar-refractivity contribution in [3.63, 3.8) is 0 Å². The van der Waals surface area contributed by atoms with Crippen LogP contribution in [0.5, 0.6) is 0 Å². The van der Waals surface area contributed by atoms with Gasteiger partial charge in [0.1, 0.15) is 5.83 Å². The molecule has 4 aliphatic heterocycles. The summed E-state index contributed by atoms with van der Waals surface area (Å²) in [5.41, 5.74) is 3.01. The molecule has 0 saturated carbocycles. The summed E-state index contributed by atoms with van der Waals surface area (Å²) in [6.45, 7) is 6.02. The molecule has 198 valence electrons. The smallest absolute Gasteiger partial charge is 0.410 e. The molecule has 0 aromatic carbocycles. The van der Waals surface area contributed by atoms with Crippen LogP contribution in [0.15, 0.2) is 35.2 Å². The van der Waals surface area contributed by atoms with Crippen LogP contribution in [-0.2, 0) is 4.74 Å². The number of alkyl halides is 1. The van der Waals surface area contributed by atoms with Crippen LogP contribution in [0, 0.1) is 5.41 Å². The Morgan fingerprint density at radius 1 is 1.08 bits per heavy atom. The highest BCUT2D eigenvalue weighted by Gasteiger charge is 2.49. The molecular weight excluding hydrogens is 460 g/mol. The average Bonchev–Trinajstić information content (AvgIpc) is 3.16. The van der Waals surface area contributed by atoms with Gasteiger partial charge in [0, 0.05) is 42.7 Å². The van der Waals surface area contributed by atoms with E-state index < -0.39 is 12.0 Å². The zero-order valence-electron chi connectivity index (χ0n) is 21.6. The monoisotopic (exact) mass is 501 g/mol. The quantitative estimate of drug-likeness (QED) is 0.509. The van der Waals surface area contributed by atoms with Crippen molar-refractivity contribution in [1.82, 2.24) is 14.7 Å². The number of ether oxygens (including phenoxy) is 1. The van der Waals surface area contributed by atoms with Crippen LogP contribution < -0.4 is 0 Å². The number of hydrogen-bond donors (Lipinski definition) is 0. The number of likely N-dealkylation sites (tertiary alicyclic amines) is 1. The highest BCUT2D eigenvalue weighted by atomic mass is 19.2. The Labute approximate surface area is 214 Å². The van der Waals surface area contributed by atoms with E-state index in [1.54, 1.807) is 0 Å². The minimum Gasteiger partial charge on any atom is -0.450 e. The van der Waals surface area contributed by atoms with Gasteiger partial charge in [-0.25, -0.2) is 13.6 Å². The van der Waals surface area contributed by atoms with Crippen LogP contribution in [0.4, 0.5) is 13.6 Å². The predicted molar refractivity (Wildman–Crippen MR) is 136 cm³/mol. The zero-order valence-corrected chi connectivity index (χ0v) is 21.6. The van der Waals surface area contributed by atoms with E-state index in [1.807, 2.05) is 11.8 Å². The van der Waals surface area contributed by atoms with Crippen molar-refractivity contribution in [2.24, 2.45) is 5.41 Å². The Hall–Kier alpha value is -1.73. The number of halogens is 2. The first-order valence-electron chi connectivity index (χ1n) is 14.3. The van der Waals surface area contributed by atoms with Crippen molar-refractivity contribution in [3.8, 4) is 0 Å². The Morgan fingerprint density at radius 3 is 2.56 bits per heavy atom. The molecule has 6 rings (SSSR count). The first kappa shape index (κ1) is 24.6. The van der Waals surface area contributed by atoms with Gasteiger partial charge < -0.3 is 14.5 Å². The summed E-state index contributed by atoms with van der Waals surface area (Å²) >= 11 is 0. The van der Waals surface area contributed by atoms with E-state index >= 15 is 0 Å². The van der Waals surface area contributed by atoms with Crippen LogP contribution in [-0.4, -0.2) is 83.9 Å². The zero-order chi connectivity index (χ0) is 24.9. The van der Waals surface area contributed by atoms with Crippen LogP contribution in [0.25, 0.3) is 0 Å². The lowest BCUT2D eigenvalue weighted by molar-refractivity contribution is 0.00105. The van der Waals surface area contributed by atoms with Gasteiger partial charge in [0.2, 0.25) is 0 Å². The van der Waals surface area contributed by atoms with Gasteiger partial charge in [-0.1, -0.05) is 17.7 Å². The summed E-state index contributed by atoms with van der Waals surface area (Å²) < 4.78 is 34.5. The molecule has 2 bridgehead atoms. The van der Waals surface area contributed by atoms with Crippen molar-refractivity contribution >= 4 is 6.09 Å². The minimum atomic E-state index is -1.49. The van der Waals surface area contributed by atoms with Crippen molar-refractivity contribution in [2.75, 3.05) is 32.8 Å². The third-order valence-electron chi connectivity index (χ3n) is 10.1. The second-order valence-electron chi connectivity index (χ2n) is 11.9. The van der Waals surface area contributed by atoms with Gasteiger partial charge in [-0.05, 0) is 95.9 Å². The fraction of sp³-hybridized carbons (Fsp3) is 0.759. The molecule has 1 spiro atoms. The molecule has 4 heterocycles. The summed E-state index contributed by atoms with van der Waals surface area (Å²) in [4.78, 5) is 19.5. The number of fused-ring (bicyclic) bond motifs is 3. The van der Waals surface area contributed by atoms with Gasteiger partial charge in [0.15, 0.2) is 6.17 Å². The van der Waals surface area contributed by atoms with Crippen molar-refractivity contribution in [2.45, 2.75) is 101 Å². The maximum Gasteiger partial charge on any atom is 0.410 e. The molecule has 4 unspecified atom stereocenters. The average molecular weight is 502 g/mol. The van der Waals surface area contributed by atoms with E-state index in [1.165, 1.54) is 17.2 Å². The maximum absolute atomic E-state index is 15.0. The maximum atomic E-state index is 15.0. The molecule has 0 aromatic heterocycles. The Balaban J connectivity index is 1.16. The normalized spacial score (nSPS) is 36.7. The number of nitrogens with zero attached hydrogens (tertiary/aromatic N) is 3. The first-order valence-corrected chi connectivity index (χ1v) is 14.3. The minimum absolute atomic E-state index is 0.0446. The molecule has 4 atom stereocenters. The van der Waals surface area contributed by atoms with Gasteiger partial charge >= 0.3 is 6.09 Å². The molecule has 36 heavy (non-hydrogen) atoms. The molecule has 3 fully saturated rings. The number of amides is 1. The first-order chi connectivity index (χ1) is 17.5. The van der Waals surface area contributed by atoms with Crippen LogP contribution in [0.2, 0.25) is 0 Å². The lowest BCUT2D eigenvalue weighted by Crippen LogP contribution is -2.58. The molecule has 2 aliphatic carbocycles. The number of piperidine rings is 2. The molecule has 1 amide bonds. The highest BCUT2D eigenvalue weighted by Crippen LogP contribution is 2.49. The molecule has 3 saturated heterocycles. The van der Waals surface area contributed by atoms with E-state index in [-0.39, 0.29) is 17.6 Å². The van der Waals surface area contributed by atoms with E-state index in [0.717, 1.165) is 77.5 Å². The van der Waals surface area contributed by atoms with Gasteiger partial charge in [0.05, 0.1) is 6.61 Å². The third kappa shape index (κ3) is 4.24. The van der Waals surface area contributed by atoms with Crippen LogP contribution in [0.3, 0.4) is 0 Å². The van der Waals surface area contributed by atoms with E-state index in [0.29, 0.717) is 37.6 Å². The lowest BCUT2D eigenvalue weighted by atomic mass is 9.66. The second-order valence-corrected chi connectivity index (χ2v) is 11.9. The van der Waals surface area contributed by atoms with Gasteiger partial charge in [-0.15, -0.1) is 0 Å². The number of allylic oxidation sites excluding steroid dienone is 3. The SMILES string of the molecule is CCOC(=O)N1C2CCC1CC(N1CCC3(CC1)CN(C1CCC=C(F)C1F)CC1=C3C=CCC1)C2. The van der Waals surface area contributed by atoms with Crippen molar-refractivity contribution in [1.29, 1.82) is 0 Å². The molecule has 0 aromatic rings. The fourth-order valence-corrected chi connectivity index (χ4v) is 8.33. The van der Waals surface area contributed by atoms with Crippen molar-refractivity contribution in [3.05, 3.63) is 35.2 Å². The Bertz CT molecular complexity index is 940. The Kier molecular flexibility index (Phi) is 6.74. The number of rotatable bonds is 3. The molecule has 5 nitrogen and oxygen atoms in total. The summed E-state index contributed by atoms with van der Waals surface area (Å²) in [6, 6.07) is 0.793. The van der Waals surface area contributed by atoms with Gasteiger partial charge in [0.25, 0.3) is 0 Å². The van der Waals surface area contributed by atoms with Crippen LogP contribution >= 0.6 is 0 Å². The predicted octanol–water partition coefficient (Wildman–Crippen LogP) is 5.54. The standard InChI is InChI=1S/C29H41F2N3O2/c1-2-36-28(35)34-21-10-11-22(34)17-23(16-21)32-14-12-29(13-15-32)19-33(18-20-6-3-4-7-24(20)29)26-9-5-8-25(30)27(26)31/h4,7-8,21-23,26-27H,2-3,5-6,9-19H2,1H3. The lowest BCUT2D eigenvalue weighted by Gasteiger charge is -2.53. The number of carbonyl (C=O) groups is 1. The topological polar surface area (TPSA) is 36.0 Å². The number of hydrogen-bond acceptors (Lipinski definition) is 4. The van der Waals surface area contributed by atoms with Crippen LogP contribution in [0.1, 0.15) is 71.1 Å². The summed E-state index contributed by atoms with van der Waals surface area (Å²) in [6.07, 6.45) is 14.3. The molecule has 0 radical (unpaired) electrons. The number of carbonyl (C=O) groups excluding carboxylic acids is 1. The summed E-state index contributed by atoms with van der Waals surface area (Å²) in [5.74, 6) is -0.567. The summed E-state index contributed by atoms with van der Waals surface area (Å²) in [7, 11) is 0. The second kappa shape index (κ2) is 9.86. The van der Waals surface area contributed by atoms with E-state index in [4.69, 9.17) is 4.74 Å². The van der Waals surface area contributed by atoms with Gasteiger partial charge in [-0.2, -0.15) is 0 Å². The largest absolute Gasteiger partial charge is 0.450 e. The molecule has 7 heteroatoms.